The van der Waals surface area contributed by atoms with E-state index < -0.39 is 0 Å². The van der Waals surface area contributed by atoms with E-state index in [2.05, 4.69) is 17.1 Å². The van der Waals surface area contributed by atoms with Crippen LogP contribution in [-0.2, 0) is 0 Å². The molecule has 0 amide bonds. The Morgan fingerprint density at radius 3 is 2.44 bits per heavy atom. The molecule has 0 bridgehead atoms. The van der Waals surface area contributed by atoms with E-state index in [0.717, 1.165) is 47.8 Å². The summed E-state index contributed by atoms with van der Waals surface area (Å²) in [6.45, 7) is 4.20. The molecular formula is C27H27ClFN3. The van der Waals surface area contributed by atoms with Crippen LogP contribution in [0.1, 0.15) is 25.3 Å². The highest BCUT2D eigenvalue weighted by Gasteiger charge is 2.21. The zero-order valence-electron chi connectivity index (χ0n) is 18.1. The fraction of sp³-hybridized carbons (Fsp3) is 0.222. The lowest BCUT2D eigenvalue weighted by atomic mass is 9.99. The summed E-state index contributed by atoms with van der Waals surface area (Å²) < 4.78 is 13.5. The molecule has 3 aromatic carbocycles. The Labute approximate surface area is 194 Å². The van der Waals surface area contributed by atoms with Gasteiger partial charge in [-0.1, -0.05) is 48.9 Å². The maximum Gasteiger partial charge on any atom is 0.123 e. The number of allylic oxidation sites excluding steroid dienone is 1. The number of anilines is 1. The molecule has 5 heteroatoms. The molecule has 1 saturated heterocycles. The third-order valence-electron chi connectivity index (χ3n) is 5.59. The molecule has 4 rings (SSSR count). The Bertz CT molecular complexity index is 1080. The van der Waals surface area contributed by atoms with Crippen molar-refractivity contribution in [2.24, 2.45) is 10.9 Å². The lowest BCUT2D eigenvalue weighted by Gasteiger charge is -2.35. The fourth-order valence-corrected chi connectivity index (χ4v) is 4.07. The third kappa shape index (κ3) is 5.77. The van der Waals surface area contributed by atoms with Gasteiger partial charge >= 0.3 is 0 Å². The second-order valence-electron chi connectivity index (χ2n) is 8.19. The summed E-state index contributed by atoms with van der Waals surface area (Å²) in [4.78, 5) is 7.17. The van der Waals surface area contributed by atoms with Crippen LogP contribution < -0.4 is 5.32 Å². The quantitative estimate of drug-likeness (QED) is 0.399. The van der Waals surface area contributed by atoms with Crippen molar-refractivity contribution in [2.45, 2.75) is 19.8 Å². The minimum Gasteiger partial charge on any atom is -0.368 e. The van der Waals surface area contributed by atoms with Gasteiger partial charge in [0.15, 0.2) is 0 Å². The van der Waals surface area contributed by atoms with Crippen LogP contribution >= 0.6 is 11.6 Å². The van der Waals surface area contributed by atoms with Crippen LogP contribution in [0, 0.1) is 11.7 Å². The van der Waals surface area contributed by atoms with E-state index in [4.69, 9.17) is 16.6 Å². The highest BCUT2D eigenvalue weighted by atomic mass is 35.5. The van der Waals surface area contributed by atoms with Crippen LogP contribution in [0.15, 0.2) is 89.6 Å². The Balaban J connectivity index is 1.82. The molecule has 1 unspecified atom stereocenters. The van der Waals surface area contributed by atoms with Crippen LogP contribution in [-0.4, -0.2) is 24.2 Å². The van der Waals surface area contributed by atoms with E-state index in [1.807, 2.05) is 60.8 Å². The number of benzene rings is 3. The summed E-state index contributed by atoms with van der Waals surface area (Å²) in [7, 11) is 0. The van der Waals surface area contributed by atoms with Crippen LogP contribution in [0.4, 0.5) is 15.8 Å². The molecule has 164 valence electrons. The topological polar surface area (TPSA) is 27.6 Å². The van der Waals surface area contributed by atoms with Gasteiger partial charge in [-0.05, 0) is 67.3 Å². The molecule has 0 saturated carbocycles. The third-order valence-corrected chi connectivity index (χ3v) is 5.84. The first-order valence-electron chi connectivity index (χ1n) is 11.0. The van der Waals surface area contributed by atoms with E-state index in [9.17, 15) is 4.39 Å². The van der Waals surface area contributed by atoms with Gasteiger partial charge in [-0.3, -0.25) is 4.99 Å². The Morgan fingerprint density at radius 1 is 1.03 bits per heavy atom. The number of nitrogens with one attached hydrogen (secondary N) is 1. The van der Waals surface area contributed by atoms with Gasteiger partial charge < -0.3 is 10.2 Å². The number of rotatable bonds is 6. The van der Waals surface area contributed by atoms with Gasteiger partial charge in [-0.25, -0.2) is 4.39 Å². The zero-order valence-corrected chi connectivity index (χ0v) is 18.9. The number of nitrogens with zero attached hydrogens (tertiary/aromatic N) is 2. The first-order chi connectivity index (χ1) is 15.6. The fourth-order valence-electron chi connectivity index (χ4n) is 3.94. The number of halogens is 2. The summed E-state index contributed by atoms with van der Waals surface area (Å²) in [6, 6.07) is 24.1. The molecule has 0 spiro atoms. The van der Waals surface area contributed by atoms with Crippen molar-refractivity contribution in [3.05, 3.63) is 101 Å². The van der Waals surface area contributed by atoms with Crippen LogP contribution in [0.2, 0.25) is 5.02 Å². The normalized spacial score (nSPS) is 17.3. The highest BCUT2D eigenvalue weighted by molar-refractivity contribution is 6.30. The van der Waals surface area contributed by atoms with E-state index in [-0.39, 0.29) is 5.82 Å². The van der Waals surface area contributed by atoms with Gasteiger partial charge in [0.05, 0.1) is 23.3 Å². The van der Waals surface area contributed by atoms with Crippen molar-refractivity contribution in [3.63, 3.8) is 0 Å². The summed E-state index contributed by atoms with van der Waals surface area (Å²) in [5.74, 6) is 0.337. The maximum absolute atomic E-state index is 13.5. The van der Waals surface area contributed by atoms with Crippen molar-refractivity contribution in [1.29, 1.82) is 0 Å². The molecule has 0 radical (unpaired) electrons. The summed E-state index contributed by atoms with van der Waals surface area (Å²) in [5.41, 5.74) is 4.62. The number of para-hydroxylation sites is 1. The predicted octanol–water partition coefficient (Wildman–Crippen LogP) is 7.39. The molecule has 0 aromatic heterocycles. The number of likely N-dealkylation sites (tertiary alicyclic amines) is 1. The second kappa shape index (κ2) is 10.5. The average Bonchev–Trinajstić information content (AvgIpc) is 2.81. The van der Waals surface area contributed by atoms with Gasteiger partial charge in [-0.2, -0.15) is 0 Å². The number of hydrogen-bond acceptors (Lipinski definition) is 3. The molecule has 1 N–H and O–H groups in total. The van der Waals surface area contributed by atoms with Crippen molar-refractivity contribution in [3.8, 4) is 0 Å². The summed E-state index contributed by atoms with van der Waals surface area (Å²) >= 11 is 6.17. The molecular weight excluding hydrogens is 421 g/mol. The highest BCUT2D eigenvalue weighted by Crippen LogP contribution is 2.28. The second-order valence-corrected chi connectivity index (χ2v) is 8.62. The van der Waals surface area contributed by atoms with Gasteiger partial charge in [0, 0.05) is 29.4 Å². The molecule has 1 aliphatic heterocycles. The molecule has 1 atom stereocenters. The first-order valence-corrected chi connectivity index (χ1v) is 11.3. The Kier molecular flexibility index (Phi) is 7.23. The van der Waals surface area contributed by atoms with E-state index in [0.29, 0.717) is 10.9 Å². The van der Waals surface area contributed by atoms with E-state index in [1.54, 1.807) is 12.1 Å². The van der Waals surface area contributed by atoms with Crippen molar-refractivity contribution in [2.75, 3.05) is 18.4 Å². The summed E-state index contributed by atoms with van der Waals surface area (Å²) in [5, 5.41) is 4.21. The molecule has 32 heavy (non-hydrogen) atoms. The maximum atomic E-state index is 13.5. The molecule has 1 heterocycles. The average molecular weight is 448 g/mol. The minimum absolute atomic E-state index is 0.261. The first kappa shape index (κ1) is 22.1. The Hall–Kier alpha value is -3.11. The van der Waals surface area contributed by atoms with Crippen LogP contribution in [0.25, 0.3) is 5.70 Å². The van der Waals surface area contributed by atoms with Crippen molar-refractivity contribution >= 4 is 34.9 Å². The predicted molar refractivity (Wildman–Crippen MR) is 133 cm³/mol. The number of aliphatic imine (C=N–C) groups is 1. The zero-order chi connectivity index (χ0) is 22.3. The SMILES string of the molecule is CC1CCCN(/C(C=Nc2ccccc2)=C(\Nc2ccc(F)cc2)c2ccc(Cl)cc2)C1. The Morgan fingerprint density at radius 2 is 1.75 bits per heavy atom. The molecule has 0 aliphatic carbocycles. The monoisotopic (exact) mass is 447 g/mol. The van der Waals surface area contributed by atoms with Crippen LogP contribution in [0.5, 0.6) is 0 Å². The van der Waals surface area contributed by atoms with E-state index >= 15 is 0 Å². The van der Waals surface area contributed by atoms with Gasteiger partial charge in [0.25, 0.3) is 0 Å². The van der Waals surface area contributed by atoms with Crippen LogP contribution in [0.3, 0.4) is 0 Å². The van der Waals surface area contributed by atoms with Crippen molar-refractivity contribution < 1.29 is 4.39 Å². The standard InChI is InChI=1S/C27H27ClFN3/c1-20-6-5-17-32(19-20)26(18-30-24-7-3-2-4-8-24)27(21-9-11-22(28)12-10-21)31-25-15-13-23(29)14-16-25/h2-4,7-16,18,20,31H,5-6,17,19H2,1H3/b27-26-,30-18?. The molecule has 1 aliphatic rings. The smallest absolute Gasteiger partial charge is 0.123 e. The number of piperidine rings is 1. The van der Waals surface area contributed by atoms with Crippen molar-refractivity contribution in [1.82, 2.24) is 4.90 Å². The van der Waals surface area contributed by atoms with Gasteiger partial charge in [-0.15, -0.1) is 0 Å². The number of hydrogen-bond donors (Lipinski definition) is 1. The summed E-state index contributed by atoms with van der Waals surface area (Å²) in [6.07, 6.45) is 4.30. The molecule has 1 fully saturated rings. The lowest BCUT2D eigenvalue weighted by Crippen LogP contribution is -2.35. The minimum atomic E-state index is -0.261. The van der Waals surface area contributed by atoms with E-state index in [1.165, 1.54) is 18.6 Å². The lowest BCUT2D eigenvalue weighted by molar-refractivity contribution is 0.240. The molecule has 3 nitrogen and oxygen atoms in total. The van der Waals surface area contributed by atoms with Gasteiger partial charge in [0.2, 0.25) is 0 Å². The largest absolute Gasteiger partial charge is 0.368 e. The molecule has 3 aromatic rings. The van der Waals surface area contributed by atoms with Gasteiger partial charge in [0.1, 0.15) is 5.82 Å².